The van der Waals surface area contributed by atoms with Gasteiger partial charge >= 0.3 is 12.1 Å². The van der Waals surface area contributed by atoms with Gasteiger partial charge in [-0.05, 0) is 58.5 Å². The van der Waals surface area contributed by atoms with Crippen LogP contribution in [0.5, 0.6) is 0 Å². The van der Waals surface area contributed by atoms with Gasteiger partial charge in [-0.15, -0.1) is 0 Å². The molecule has 3 aromatic carbocycles. The number of carbonyl (C=O) groups excluding carboxylic acids is 1. The molecule has 0 spiro atoms. The monoisotopic (exact) mass is 477 g/mol. The molecule has 2 bridgehead atoms. The maximum atomic E-state index is 13.4. The normalized spacial score (nSPS) is 18.1. The van der Waals surface area contributed by atoms with Crippen molar-refractivity contribution in [3.63, 3.8) is 0 Å². The molecule has 0 amide bonds. The van der Waals surface area contributed by atoms with Crippen LogP contribution in [0, 0.1) is 5.92 Å². The highest BCUT2D eigenvalue weighted by atomic mass is 19.4. The van der Waals surface area contributed by atoms with E-state index in [1.54, 1.807) is 13.0 Å². The molecule has 178 valence electrons. The number of halogens is 3. The number of allylic oxidation sites excluding steroid dienone is 2. The van der Waals surface area contributed by atoms with Crippen LogP contribution in [0.3, 0.4) is 0 Å². The Balaban J connectivity index is 1.51. The van der Waals surface area contributed by atoms with Gasteiger partial charge in [-0.2, -0.15) is 13.2 Å². The largest absolute Gasteiger partial charge is 0.481 e. The van der Waals surface area contributed by atoms with Gasteiger partial charge in [0.25, 0.3) is 0 Å². The molecule has 5 rings (SSSR count). The average molecular weight is 477 g/mol. The summed E-state index contributed by atoms with van der Waals surface area (Å²) in [6, 6.07) is 18.3. The summed E-state index contributed by atoms with van der Waals surface area (Å²) in [6.07, 6.45) is -3.08. The van der Waals surface area contributed by atoms with E-state index in [2.05, 4.69) is 4.90 Å². The van der Waals surface area contributed by atoms with Crippen molar-refractivity contribution in [2.75, 3.05) is 13.1 Å². The van der Waals surface area contributed by atoms with Gasteiger partial charge in [-0.1, -0.05) is 54.6 Å². The summed E-state index contributed by atoms with van der Waals surface area (Å²) in [5.41, 5.74) is 4.06. The minimum atomic E-state index is -4.46. The number of fused-ring (bicyclic) bond motifs is 2. The van der Waals surface area contributed by atoms with Crippen LogP contribution in [0.2, 0.25) is 0 Å². The van der Waals surface area contributed by atoms with E-state index in [0.717, 1.165) is 34.4 Å². The minimum Gasteiger partial charge on any atom is -0.481 e. The molecule has 1 aliphatic heterocycles. The van der Waals surface area contributed by atoms with Gasteiger partial charge in [-0.3, -0.25) is 14.5 Å². The molecule has 0 saturated carbocycles. The van der Waals surface area contributed by atoms with Crippen LogP contribution in [0.1, 0.15) is 45.6 Å². The van der Waals surface area contributed by atoms with E-state index in [1.807, 2.05) is 42.5 Å². The van der Waals surface area contributed by atoms with Gasteiger partial charge in [0.2, 0.25) is 0 Å². The number of ketones is 1. The van der Waals surface area contributed by atoms with Crippen molar-refractivity contribution >= 4 is 17.3 Å². The highest BCUT2D eigenvalue weighted by molar-refractivity contribution is 6.13. The molecule has 4 nitrogen and oxygen atoms in total. The Morgan fingerprint density at radius 3 is 2.37 bits per heavy atom. The Hall–Kier alpha value is -3.71. The number of nitrogens with zero attached hydrogens (tertiary/aromatic N) is 1. The van der Waals surface area contributed by atoms with Crippen LogP contribution in [0.4, 0.5) is 13.2 Å². The Kier molecular flexibility index (Phi) is 5.60. The molecule has 3 aromatic rings. The SMILES string of the molecule is C/C(=C\C(=O)c1c2ccc(-c3ccccc3)c1C2N1CC(C(=O)O)C1)c1cccc(C(F)(F)F)c1. The van der Waals surface area contributed by atoms with Crippen LogP contribution in [0.15, 0.2) is 72.8 Å². The lowest BCUT2D eigenvalue weighted by Crippen LogP contribution is -2.54. The van der Waals surface area contributed by atoms with Crippen molar-refractivity contribution in [1.29, 1.82) is 0 Å². The summed E-state index contributed by atoms with van der Waals surface area (Å²) in [7, 11) is 0. The number of carboxylic acids is 1. The summed E-state index contributed by atoms with van der Waals surface area (Å²) < 4.78 is 39.4. The lowest BCUT2D eigenvalue weighted by atomic mass is 9.71. The van der Waals surface area contributed by atoms with Crippen LogP contribution in [0.25, 0.3) is 16.7 Å². The minimum absolute atomic E-state index is 0.160. The summed E-state index contributed by atoms with van der Waals surface area (Å²) >= 11 is 0. The van der Waals surface area contributed by atoms with Gasteiger partial charge in [-0.25, -0.2) is 0 Å². The second-order valence-electron chi connectivity index (χ2n) is 9.02. The first kappa shape index (κ1) is 23.1. The first-order chi connectivity index (χ1) is 16.6. The number of rotatable bonds is 6. The van der Waals surface area contributed by atoms with Crippen molar-refractivity contribution < 1.29 is 27.9 Å². The molecular weight excluding hydrogens is 455 g/mol. The Morgan fingerprint density at radius 1 is 1.00 bits per heavy atom. The van der Waals surface area contributed by atoms with Gasteiger partial charge < -0.3 is 5.11 Å². The molecule has 1 heterocycles. The zero-order valence-electron chi connectivity index (χ0n) is 18.8. The molecule has 1 aliphatic carbocycles. The standard InChI is InChI=1S/C28H22F3NO3/c1-16(18-8-5-9-20(13-18)28(29,30)31)12-23(33)24-22-11-10-21(17-6-3-2-4-7-17)25(24)26(22)32-14-19(15-32)27(34)35/h2-13,19,26H,14-15H2,1H3,(H,34,35)/b16-12+. The molecule has 1 unspecified atom stereocenters. The van der Waals surface area contributed by atoms with Crippen LogP contribution >= 0.6 is 0 Å². The number of aliphatic carboxylic acids is 1. The van der Waals surface area contributed by atoms with E-state index in [-0.39, 0.29) is 11.8 Å². The molecule has 0 aromatic heterocycles. The summed E-state index contributed by atoms with van der Waals surface area (Å²) in [4.78, 5) is 26.7. The van der Waals surface area contributed by atoms with Gasteiger partial charge in [0.15, 0.2) is 5.78 Å². The van der Waals surface area contributed by atoms with Crippen molar-refractivity contribution in [2.45, 2.75) is 19.1 Å². The third-order valence-corrected chi connectivity index (χ3v) is 6.79. The molecule has 1 saturated heterocycles. The number of carboxylic acid groups (broad SMARTS) is 1. The van der Waals surface area contributed by atoms with Crippen molar-refractivity contribution in [1.82, 2.24) is 4.90 Å². The van der Waals surface area contributed by atoms with Crippen LogP contribution < -0.4 is 0 Å². The van der Waals surface area contributed by atoms with Crippen LogP contribution in [-0.4, -0.2) is 34.8 Å². The molecule has 2 aliphatic rings. The van der Waals surface area contributed by atoms with E-state index in [1.165, 1.54) is 12.1 Å². The van der Waals surface area contributed by atoms with Crippen LogP contribution in [-0.2, 0) is 11.0 Å². The molecule has 0 radical (unpaired) electrons. The smallest absolute Gasteiger partial charge is 0.416 e. The van der Waals surface area contributed by atoms with E-state index in [9.17, 15) is 27.9 Å². The second-order valence-corrected chi connectivity index (χ2v) is 9.02. The lowest BCUT2D eigenvalue weighted by Gasteiger charge is -2.48. The number of benzene rings is 3. The highest BCUT2D eigenvalue weighted by Crippen LogP contribution is 2.51. The molecule has 1 N–H and O–H groups in total. The Bertz CT molecular complexity index is 1360. The van der Waals surface area contributed by atoms with Gasteiger partial charge in [0.05, 0.1) is 17.5 Å². The fourth-order valence-corrected chi connectivity index (χ4v) is 4.92. The van der Waals surface area contributed by atoms with E-state index < -0.39 is 23.6 Å². The maximum absolute atomic E-state index is 13.4. The summed E-state index contributed by atoms with van der Waals surface area (Å²) in [5.74, 6) is -1.53. The Labute approximate surface area is 200 Å². The van der Waals surface area contributed by atoms with Gasteiger partial charge in [0.1, 0.15) is 0 Å². The van der Waals surface area contributed by atoms with E-state index in [4.69, 9.17) is 0 Å². The third kappa shape index (κ3) is 4.06. The molecule has 1 atom stereocenters. The number of likely N-dealkylation sites (tertiary alicyclic amines) is 1. The third-order valence-electron chi connectivity index (χ3n) is 6.79. The van der Waals surface area contributed by atoms with Crippen molar-refractivity contribution in [2.24, 2.45) is 5.92 Å². The van der Waals surface area contributed by atoms with E-state index >= 15 is 0 Å². The zero-order valence-corrected chi connectivity index (χ0v) is 18.8. The number of hydrogen-bond acceptors (Lipinski definition) is 3. The average Bonchev–Trinajstić information content (AvgIpc) is 2.80. The zero-order chi connectivity index (χ0) is 24.9. The first-order valence-corrected chi connectivity index (χ1v) is 11.2. The summed E-state index contributed by atoms with van der Waals surface area (Å²) in [6.45, 7) is 2.44. The fraction of sp³-hybridized carbons (Fsp3) is 0.214. The number of alkyl halides is 3. The molecule has 1 fully saturated rings. The van der Waals surface area contributed by atoms with Gasteiger partial charge in [0, 0.05) is 18.7 Å². The molecule has 7 heteroatoms. The van der Waals surface area contributed by atoms with E-state index in [0.29, 0.717) is 29.8 Å². The maximum Gasteiger partial charge on any atom is 0.416 e. The second kappa shape index (κ2) is 8.50. The quantitative estimate of drug-likeness (QED) is 0.346. The lowest BCUT2D eigenvalue weighted by molar-refractivity contribution is -0.148. The topological polar surface area (TPSA) is 57.6 Å². The Morgan fingerprint density at radius 2 is 1.71 bits per heavy atom. The summed E-state index contributed by atoms with van der Waals surface area (Å²) in [5, 5.41) is 9.28. The fourth-order valence-electron chi connectivity index (χ4n) is 4.92. The van der Waals surface area contributed by atoms with Crippen molar-refractivity contribution in [3.8, 4) is 11.1 Å². The van der Waals surface area contributed by atoms with Crippen molar-refractivity contribution in [3.05, 3.63) is 101 Å². The number of carbonyl (C=O) groups is 2. The highest BCUT2D eigenvalue weighted by Gasteiger charge is 2.46. The predicted molar refractivity (Wildman–Crippen MR) is 126 cm³/mol. The predicted octanol–water partition coefficient (Wildman–Crippen LogP) is 6.08. The first-order valence-electron chi connectivity index (χ1n) is 11.2. The molecular formula is C28H22F3NO3. The number of hydrogen-bond donors (Lipinski definition) is 1. The molecule has 35 heavy (non-hydrogen) atoms.